The molecule has 0 atom stereocenters. The van der Waals surface area contributed by atoms with E-state index in [1.54, 1.807) is 0 Å². The lowest BCUT2D eigenvalue weighted by Gasteiger charge is -2.49. The lowest BCUT2D eigenvalue weighted by molar-refractivity contribution is -0.119. The van der Waals surface area contributed by atoms with Crippen LogP contribution in [0.25, 0.3) is 6.08 Å². The van der Waals surface area contributed by atoms with Gasteiger partial charge in [0.1, 0.15) is 0 Å². The molecule has 1 aromatic carbocycles. The molecule has 0 unspecified atom stereocenters. The molecule has 1 N–H and O–H groups in total. The third-order valence-corrected chi connectivity index (χ3v) is 5.99. The normalized spacial score (nSPS) is 21.8. The van der Waals surface area contributed by atoms with Gasteiger partial charge in [-0.05, 0) is 51.0 Å². The number of amides is 1. The van der Waals surface area contributed by atoms with Gasteiger partial charge in [-0.2, -0.15) is 0 Å². The minimum atomic E-state index is 0.0531. The van der Waals surface area contributed by atoms with Crippen molar-refractivity contribution in [1.82, 2.24) is 15.1 Å². The van der Waals surface area contributed by atoms with E-state index in [2.05, 4.69) is 22.2 Å². The van der Waals surface area contributed by atoms with Crippen molar-refractivity contribution in [3.63, 3.8) is 0 Å². The zero-order chi connectivity index (χ0) is 19.1. The number of hydrogen-bond acceptors (Lipinski definition) is 4. The van der Waals surface area contributed by atoms with Gasteiger partial charge in [0.25, 0.3) is 0 Å². The number of nitrogens with zero attached hydrogens (tertiary/aromatic N) is 2. The highest BCUT2D eigenvalue weighted by atomic mass is 16.5. The molecule has 0 spiro atoms. The van der Waals surface area contributed by atoms with Crippen LogP contribution in [0.4, 0.5) is 0 Å². The van der Waals surface area contributed by atoms with Crippen LogP contribution in [-0.2, 0) is 9.53 Å². The third kappa shape index (κ3) is 5.18. The van der Waals surface area contributed by atoms with Crippen LogP contribution in [0.2, 0.25) is 0 Å². The molecule has 0 bridgehead atoms. The van der Waals surface area contributed by atoms with Gasteiger partial charge < -0.3 is 15.0 Å². The van der Waals surface area contributed by atoms with Crippen LogP contribution in [0, 0.1) is 0 Å². The summed E-state index contributed by atoms with van der Waals surface area (Å²) < 4.78 is 5.56. The van der Waals surface area contributed by atoms with Gasteiger partial charge in [-0.1, -0.05) is 37.3 Å². The van der Waals surface area contributed by atoms with Gasteiger partial charge in [0.15, 0.2) is 0 Å². The Balaban J connectivity index is 1.68. The molecule has 148 valence electrons. The molecular formula is C22H33N3O2. The van der Waals surface area contributed by atoms with Crippen LogP contribution in [0.5, 0.6) is 0 Å². The molecule has 2 heterocycles. The van der Waals surface area contributed by atoms with Crippen molar-refractivity contribution in [1.29, 1.82) is 0 Å². The van der Waals surface area contributed by atoms with Gasteiger partial charge in [0, 0.05) is 30.7 Å². The van der Waals surface area contributed by atoms with Crippen LogP contribution in [0.15, 0.2) is 35.9 Å². The minimum Gasteiger partial charge on any atom is -0.379 e. The molecular weight excluding hydrogens is 338 g/mol. The fraction of sp³-hybridized carbons (Fsp3) is 0.591. The topological polar surface area (TPSA) is 44.8 Å². The first-order chi connectivity index (χ1) is 13.1. The molecule has 0 aromatic heterocycles. The number of likely N-dealkylation sites (tertiary alicyclic amines) is 1. The minimum absolute atomic E-state index is 0.0531. The highest BCUT2D eigenvalue weighted by molar-refractivity contribution is 5.97. The van der Waals surface area contributed by atoms with Crippen molar-refractivity contribution in [3.05, 3.63) is 41.5 Å². The summed E-state index contributed by atoms with van der Waals surface area (Å²) in [5, 5.41) is 3.27. The van der Waals surface area contributed by atoms with Gasteiger partial charge in [-0.25, -0.2) is 0 Å². The number of piperidine rings is 1. The summed E-state index contributed by atoms with van der Waals surface area (Å²) in [5.41, 5.74) is 1.97. The highest BCUT2D eigenvalue weighted by Gasteiger charge is 2.40. The van der Waals surface area contributed by atoms with E-state index in [0.29, 0.717) is 6.54 Å². The SMILES string of the molecule is CC/C(=C\c1ccccc1)C(=O)NCC1(N2CCOCC2)CCN(C)CC1. The van der Waals surface area contributed by atoms with E-state index in [1.807, 2.05) is 43.3 Å². The number of nitrogens with one attached hydrogen (secondary N) is 1. The maximum atomic E-state index is 12.9. The Bertz CT molecular complexity index is 630. The van der Waals surface area contributed by atoms with Crippen molar-refractivity contribution < 1.29 is 9.53 Å². The van der Waals surface area contributed by atoms with Crippen molar-refractivity contribution >= 4 is 12.0 Å². The first kappa shape index (κ1) is 20.1. The van der Waals surface area contributed by atoms with Crippen molar-refractivity contribution in [2.24, 2.45) is 0 Å². The second-order valence-corrected chi connectivity index (χ2v) is 7.74. The van der Waals surface area contributed by atoms with E-state index in [9.17, 15) is 4.79 Å². The van der Waals surface area contributed by atoms with Crippen molar-refractivity contribution in [3.8, 4) is 0 Å². The van der Waals surface area contributed by atoms with E-state index < -0.39 is 0 Å². The van der Waals surface area contributed by atoms with Crippen LogP contribution < -0.4 is 5.32 Å². The van der Waals surface area contributed by atoms with E-state index in [4.69, 9.17) is 4.74 Å². The Hall–Kier alpha value is -1.69. The van der Waals surface area contributed by atoms with Gasteiger partial charge >= 0.3 is 0 Å². The summed E-state index contributed by atoms with van der Waals surface area (Å²) >= 11 is 0. The van der Waals surface area contributed by atoms with Gasteiger partial charge in [-0.3, -0.25) is 9.69 Å². The van der Waals surface area contributed by atoms with E-state index in [1.165, 1.54) is 0 Å². The lowest BCUT2D eigenvalue weighted by Crippen LogP contribution is -2.62. The average molecular weight is 372 g/mol. The molecule has 2 aliphatic rings. The smallest absolute Gasteiger partial charge is 0.247 e. The number of hydrogen-bond donors (Lipinski definition) is 1. The molecule has 1 amide bonds. The molecule has 0 radical (unpaired) electrons. The molecule has 5 nitrogen and oxygen atoms in total. The first-order valence-corrected chi connectivity index (χ1v) is 10.2. The Morgan fingerprint density at radius 1 is 1.15 bits per heavy atom. The molecule has 2 fully saturated rings. The van der Waals surface area contributed by atoms with Crippen LogP contribution >= 0.6 is 0 Å². The van der Waals surface area contributed by atoms with Crippen molar-refractivity contribution in [2.45, 2.75) is 31.7 Å². The second kappa shape index (κ2) is 9.49. The molecule has 0 aliphatic carbocycles. The number of morpholine rings is 1. The molecule has 0 saturated carbocycles. The molecule has 3 rings (SSSR count). The Labute approximate surface area is 163 Å². The predicted octanol–water partition coefficient (Wildman–Crippen LogP) is 2.39. The standard InChI is InChI=1S/C22H33N3O2/c1-3-20(17-19-7-5-4-6-8-19)21(26)23-18-22(9-11-24(2)12-10-22)25-13-15-27-16-14-25/h4-8,17H,3,9-16,18H2,1-2H3,(H,23,26)/b20-17+. The number of rotatable bonds is 6. The molecule has 2 saturated heterocycles. The van der Waals surface area contributed by atoms with E-state index in [-0.39, 0.29) is 11.4 Å². The molecule has 1 aromatic rings. The Morgan fingerprint density at radius 2 is 1.81 bits per heavy atom. The maximum absolute atomic E-state index is 12.9. The number of ether oxygens (including phenoxy) is 1. The summed E-state index contributed by atoms with van der Waals surface area (Å²) in [4.78, 5) is 17.8. The Kier molecular flexibility index (Phi) is 7.05. The zero-order valence-corrected chi connectivity index (χ0v) is 16.7. The fourth-order valence-corrected chi connectivity index (χ4v) is 4.11. The lowest BCUT2D eigenvalue weighted by atomic mass is 9.85. The fourth-order valence-electron chi connectivity index (χ4n) is 4.11. The predicted molar refractivity (Wildman–Crippen MR) is 110 cm³/mol. The van der Waals surface area contributed by atoms with Crippen molar-refractivity contribution in [2.75, 3.05) is 53.0 Å². The van der Waals surface area contributed by atoms with E-state index >= 15 is 0 Å². The average Bonchev–Trinajstić information content (AvgIpc) is 2.73. The Morgan fingerprint density at radius 3 is 2.44 bits per heavy atom. The summed E-state index contributed by atoms with van der Waals surface area (Å²) in [6.45, 7) is 8.41. The van der Waals surface area contributed by atoms with Crippen LogP contribution in [-0.4, -0.2) is 74.2 Å². The van der Waals surface area contributed by atoms with Crippen LogP contribution in [0.1, 0.15) is 31.7 Å². The number of carbonyl (C=O) groups is 1. The number of benzene rings is 1. The second-order valence-electron chi connectivity index (χ2n) is 7.74. The summed E-state index contributed by atoms with van der Waals surface area (Å²) in [7, 11) is 2.18. The van der Waals surface area contributed by atoms with E-state index in [0.717, 1.165) is 69.8 Å². The highest BCUT2D eigenvalue weighted by Crippen LogP contribution is 2.29. The summed E-state index contributed by atoms with van der Waals surface area (Å²) in [5.74, 6) is 0.0629. The molecule has 5 heteroatoms. The zero-order valence-electron chi connectivity index (χ0n) is 16.7. The maximum Gasteiger partial charge on any atom is 0.247 e. The van der Waals surface area contributed by atoms with Crippen LogP contribution in [0.3, 0.4) is 0 Å². The summed E-state index contributed by atoms with van der Waals surface area (Å²) in [6.07, 6.45) is 4.92. The largest absolute Gasteiger partial charge is 0.379 e. The monoisotopic (exact) mass is 371 g/mol. The molecule has 27 heavy (non-hydrogen) atoms. The van der Waals surface area contributed by atoms with Gasteiger partial charge in [0.05, 0.1) is 13.2 Å². The molecule has 2 aliphatic heterocycles. The van der Waals surface area contributed by atoms with Gasteiger partial charge in [0.2, 0.25) is 5.91 Å². The third-order valence-electron chi connectivity index (χ3n) is 5.99. The summed E-state index contributed by atoms with van der Waals surface area (Å²) in [6, 6.07) is 10.1. The van der Waals surface area contributed by atoms with Gasteiger partial charge in [-0.15, -0.1) is 0 Å². The quantitative estimate of drug-likeness (QED) is 0.780. The first-order valence-electron chi connectivity index (χ1n) is 10.2. The number of carbonyl (C=O) groups excluding carboxylic acids is 1.